The first-order chi connectivity index (χ1) is 4.12. The van der Waals surface area contributed by atoms with Crippen LogP contribution in [-0.4, -0.2) is 12.8 Å². The van der Waals surface area contributed by atoms with E-state index in [9.17, 15) is 9.46 Å². The van der Waals surface area contributed by atoms with Gasteiger partial charge in [0.2, 0.25) is 0 Å². The van der Waals surface area contributed by atoms with Crippen LogP contribution in [0.15, 0.2) is 0 Å². The summed E-state index contributed by atoms with van der Waals surface area (Å²) in [5.74, 6) is 0. The Morgan fingerprint density at radius 2 is 2.30 bits per heavy atom. The van der Waals surface area contributed by atoms with E-state index in [0.29, 0.717) is 0 Å². The van der Waals surface area contributed by atoms with E-state index < -0.39 is 13.8 Å². The van der Waals surface area contributed by atoms with Gasteiger partial charge in [0.25, 0.3) is 0 Å². The van der Waals surface area contributed by atoms with Crippen molar-refractivity contribution in [1.82, 2.24) is 0 Å². The van der Waals surface area contributed by atoms with Gasteiger partial charge in [-0.05, 0) is 6.92 Å². The summed E-state index contributed by atoms with van der Waals surface area (Å²) < 4.78 is 14.7. The molecule has 6 heteroatoms. The summed E-state index contributed by atoms with van der Waals surface area (Å²) in [5.41, 5.74) is 0. The van der Waals surface area contributed by atoms with Crippen LogP contribution in [0.5, 0.6) is 0 Å². The van der Waals surface area contributed by atoms with Crippen molar-refractivity contribution in [2.75, 3.05) is 12.8 Å². The molecule has 0 saturated heterocycles. The number of hydrogen-bond acceptors (Lipinski definition) is 4. The van der Waals surface area contributed by atoms with Crippen LogP contribution in [-0.2, 0) is 9.09 Å². The molecule has 0 amide bonds. The minimum Gasteiger partial charge on any atom is -0.778 e. The molecule has 0 aromatic rings. The molecule has 1 unspecified atom stereocenters. The zero-order valence-corrected chi connectivity index (χ0v) is 6.93. The van der Waals surface area contributed by atoms with Crippen molar-refractivity contribution in [1.29, 1.82) is 5.26 Å². The normalized spacial score (nSPS) is 14.5. The number of nitriles is 1. The summed E-state index contributed by atoms with van der Waals surface area (Å²) in [7, 11) is -3.80. The van der Waals surface area contributed by atoms with Gasteiger partial charge in [-0.25, -0.2) is 0 Å². The van der Waals surface area contributed by atoms with Crippen molar-refractivity contribution in [2.45, 2.75) is 6.92 Å². The number of nitrogens with zero attached hydrogens (tertiary/aromatic N) is 1. The average molecular weight is 155 g/mol. The second-order valence-electron chi connectivity index (χ2n) is 1.34. The van der Waals surface area contributed by atoms with Gasteiger partial charge in [-0.1, -0.05) is 0 Å². The Balaban J connectivity index is 0. The molecule has 0 aliphatic carbocycles. The Morgan fingerprint density at radius 1 is 1.80 bits per heavy atom. The van der Waals surface area contributed by atoms with E-state index in [2.05, 4.69) is 4.52 Å². The van der Waals surface area contributed by atoms with E-state index in [1.807, 2.05) is 0 Å². The minimum absolute atomic E-state index is 0. The topological polar surface area (TPSA) is 73.2 Å². The molecule has 0 radical (unpaired) electrons. The fourth-order valence-corrected chi connectivity index (χ4v) is 0.987. The van der Waals surface area contributed by atoms with Gasteiger partial charge in [0.15, 0.2) is 0 Å². The van der Waals surface area contributed by atoms with Crippen LogP contribution in [0.1, 0.15) is 6.92 Å². The Hall–Kier alpha value is 0.237. The molecule has 0 rings (SSSR count). The fourth-order valence-electron chi connectivity index (χ4n) is 0.329. The first kappa shape index (κ1) is 12.9. The molecule has 10 heavy (non-hydrogen) atoms. The van der Waals surface area contributed by atoms with Crippen molar-refractivity contribution < 1.29 is 32.8 Å². The molecule has 0 aromatic carbocycles. The maximum atomic E-state index is 10.4. The van der Waals surface area contributed by atoms with E-state index in [-0.39, 0.29) is 25.5 Å². The zero-order valence-electron chi connectivity index (χ0n) is 6.03. The molecule has 52 valence electrons. The van der Waals surface area contributed by atoms with Crippen molar-refractivity contribution in [2.24, 2.45) is 0 Å². The molecule has 0 bridgehead atoms. The second-order valence-corrected chi connectivity index (χ2v) is 3.14. The van der Waals surface area contributed by atoms with Crippen LogP contribution < -0.4 is 23.8 Å². The summed E-state index contributed by atoms with van der Waals surface area (Å²) >= 11 is 0. The van der Waals surface area contributed by atoms with Gasteiger partial charge < -0.3 is 14.0 Å². The van der Waals surface area contributed by atoms with Crippen LogP contribution in [0.2, 0.25) is 0 Å². The smallest absolute Gasteiger partial charge is 0.778 e. The maximum Gasteiger partial charge on any atom is 1.00 e. The summed E-state index contributed by atoms with van der Waals surface area (Å²) in [6.07, 6.45) is -0.541. The van der Waals surface area contributed by atoms with Gasteiger partial charge in [0.05, 0.1) is 18.8 Å². The first-order valence-corrected chi connectivity index (χ1v) is 4.16. The van der Waals surface area contributed by atoms with Crippen molar-refractivity contribution in [3.8, 4) is 6.07 Å². The van der Waals surface area contributed by atoms with Crippen molar-refractivity contribution in [3.63, 3.8) is 0 Å². The summed E-state index contributed by atoms with van der Waals surface area (Å²) in [6.45, 7) is 1.66. The molecule has 0 fully saturated rings. The Labute approximate surface area is 71.9 Å². The third-order valence-electron chi connectivity index (χ3n) is 0.590. The van der Waals surface area contributed by atoms with E-state index in [4.69, 9.17) is 5.26 Å². The molecule has 0 saturated carbocycles. The van der Waals surface area contributed by atoms with Gasteiger partial charge in [-0.2, -0.15) is 5.26 Å². The van der Waals surface area contributed by atoms with Gasteiger partial charge >= 0.3 is 18.9 Å². The van der Waals surface area contributed by atoms with E-state index in [0.717, 1.165) is 0 Å². The molecule has 0 heterocycles. The SMILES string of the molecule is CCOP(=O)([O-])CC#N.[Li+]. The maximum absolute atomic E-state index is 10.4. The van der Waals surface area contributed by atoms with Gasteiger partial charge in [-0.3, -0.25) is 0 Å². The van der Waals surface area contributed by atoms with Gasteiger partial charge in [0, 0.05) is 0 Å². The Kier molecular flexibility index (Phi) is 7.70. The minimum atomic E-state index is -3.80. The van der Waals surface area contributed by atoms with Crippen LogP contribution in [0.25, 0.3) is 0 Å². The predicted octanol–water partition coefficient (Wildman–Crippen LogP) is -2.90. The largest absolute Gasteiger partial charge is 1.00 e. The van der Waals surface area contributed by atoms with Gasteiger partial charge in [0.1, 0.15) is 7.60 Å². The Morgan fingerprint density at radius 3 is 2.60 bits per heavy atom. The third-order valence-corrected chi connectivity index (χ3v) is 1.77. The monoisotopic (exact) mass is 155 g/mol. The molecule has 4 nitrogen and oxygen atoms in total. The van der Waals surface area contributed by atoms with E-state index in [1.54, 1.807) is 6.92 Å². The molecule has 0 spiro atoms. The van der Waals surface area contributed by atoms with Gasteiger partial charge in [-0.15, -0.1) is 0 Å². The van der Waals surface area contributed by atoms with Crippen molar-refractivity contribution >= 4 is 7.60 Å². The second kappa shape index (κ2) is 5.98. The van der Waals surface area contributed by atoms with E-state index in [1.165, 1.54) is 6.07 Å². The summed E-state index contributed by atoms with van der Waals surface area (Å²) in [5, 5.41) is 7.93. The molecular weight excluding hydrogens is 148 g/mol. The third kappa shape index (κ3) is 6.36. The van der Waals surface area contributed by atoms with Crippen molar-refractivity contribution in [3.05, 3.63) is 0 Å². The first-order valence-electron chi connectivity index (χ1n) is 2.44. The molecular formula is C4H7LiNO3P. The zero-order chi connectivity index (χ0) is 7.33. The number of rotatable bonds is 3. The number of hydrogen-bond donors (Lipinski definition) is 0. The quantitative estimate of drug-likeness (QED) is 0.323. The molecule has 0 aromatic heterocycles. The summed E-state index contributed by atoms with van der Waals surface area (Å²) in [6, 6.07) is 1.49. The van der Waals surface area contributed by atoms with Crippen LogP contribution >= 0.6 is 7.60 Å². The fraction of sp³-hybridized carbons (Fsp3) is 0.750. The molecule has 0 aliphatic rings. The molecule has 1 atom stereocenters. The summed E-state index contributed by atoms with van der Waals surface area (Å²) in [4.78, 5) is 10.4. The average Bonchev–Trinajstić information content (AvgIpc) is 1.64. The standard InChI is InChI=1S/C4H8NO3P.Li/c1-2-8-9(6,7)4-3-5;/h2,4H2,1H3,(H,6,7);/q;+1/p-1. The molecule has 0 N–H and O–H groups in total. The Bertz CT molecular complexity index is 166. The molecule has 0 aliphatic heterocycles. The van der Waals surface area contributed by atoms with Crippen LogP contribution in [0.4, 0.5) is 0 Å². The van der Waals surface area contributed by atoms with E-state index >= 15 is 0 Å². The predicted molar refractivity (Wildman–Crippen MR) is 29.7 cm³/mol. The van der Waals surface area contributed by atoms with Crippen LogP contribution in [0, 0.1) is 11.3 Å². The van der Waals surface area contributed by atoms with Crippen LogP contribution in [0.3, 0.4) is 0 Å².